The van der Waals surface area contributed by atoms with Gasteiger partial charge in [-0.25, -0.2) is 0 Å². The van der Waals surface area contributed by atoms with Gasteiger partial charge < -0.3 is 13.6 Å². The molecule has 0 N–H and O–H groups in total. The molecule has 53 heavy (non-hydrogen) atoms. The molecule has 0 saturated carbocycles. The van der Waals surface area contributed by atoms with E-state index in [4.69, 9.17) is 4.42 Å². The number of hydrogen-bond donors (Lipinski definition) is 0. The van der Waals surface area contributed by atoms with Crippen molar-refractivity contribution in [2.45, 2.75) is 12.8 Å². The fraction of sp³-hybridized carbons (Fsp3) is 0.0400. The summed E-state index contributed by atoms with van der Waals surface area (Å²) in [6, 6.07) is 56.0. The lowest BCUT2D eigenvalue weighted by atomic mass is 10.0. The molecule has 3 heteroatoms. The summed E-state index contributed by atoms with van der Waals surface area (Å²) in [5, 5.41) is 12.6. The molecule has 0 spiro atoms. The zero-order chi connectivity index (χ0) is 34.4. The summed E-state index contributed by atoms with van der Waals surface area (Å²) >= 11 is 0. The van der Waals surface area contributed by atoms with Gasteiger partial charge in [0.2, 0.25) is 0 Å². The molecule has 0 amide bonds. The number of rotatable bonds is 2. The first-order chi connectivity index (χ1) is 26.3. The molecule has 2 aliphatic carbocycles. The first-order valence-corrected chi connectivity index (χ1v) is 18.6. The fourth-order valence-electron chi connectivity index (χ4n) is 10.0. The summed E-state index contributed by atoms with van der Waals surface area (Å²) in [7, 11) is 0. The maximum Gasteiger partial charge on any atom is 0.136 e. The van der Waals surface area contributed by atoms with Gasteiger partial charge in [-0.15, -0.1) is 0 Å². The minimum atomic E-state index is 0.922. The molecule has 8 aromatic carbocycles. The monoisotopic (exact) mass is 674 g/mol. The summed E-state index contributed by atoms with van der Waals surface area (Å²) in [5.41, 5.74) is 14.6. The van der Waals surface area contributed by atoms with Crippen LogP contribution in [0.15, 0.2) is 156 Å². The van der Waals surface area contributed by atoms with Crippen LogP contribution < -0.4 is 10.4 Å². The number of nitrogens with zero attached hydrogens (tertiary/aromatic N) is 2. The number of aromatic nitrogens is 2. The molecule has 0 bridgehead atoms. The second-order valence-corrected chi connectivity index (χ2v) is 14.7. The maximum atomic E-state index is 6.53. The summed E-state index contributed by atoms with van der Waals surface area (Å²) in [4.78, 5) is 0. The van der Waals surface area contributed by atoms with E-state index in [0.717, 1.165) is 29.4 Å². The molecule has 13 rings (SSSR count). The Morgan fingerprint density at radius 2 is 1.13 bits per heavy atom. The van der Waals surface area contributed by atoms with Crippen LogP contribution >= 0.6 is 0 Å². The largest absolute Gasteiger partial charge is 0.456 e. The highest BCUT2D eigenvalue weighted by Gasteiger charge is 2.27. The van der Waals surface area contributed by atoms with Crippen LogP contribution in [-0.4, -0.2) is 9.13 Å². The van der Waals surface area contributed by atoms with Crippen molar-refractivity contribution in [2.24, 2.45) is 0 Å². The lowest BCUT2D eigenvalue weighted by Gasteiger charge is -2.18. The average Bonchev–Trinajstić information content (AvgIpc) is 3.95. The Bertz CT molecular complexity index is 3540. The lowest BCUT2D eigenvalue weighted by Crippen LogP contribution is -2.31. The van der Waals surface area contributed by atoms with E-state index in [0.29, 0.717) is 0 Å². The van der Waals surface area contributed by atoms with Crippen LogP contribution in [-0.2, 0) is 0 Å². The molecule has 0 saturated heterocycles. The molecular formula is C50H30N2O. The molecule has 246 valence electrons. The zero-order valence-electron chi connectivity index (χ0n) is 28.7. The van der Waals surface area contributed by atoms with Crippen molar-refractivity contribution in [3.05, 3.63) is 162 Å². The van der Waals surface area contributed by atoms with Crippen LogP contribution in [0.4, 0.5) is 0 Å². The van der Waals surface area contributed by atoms with Crippen molar-refractivity contribution in [2.75, 3.05) is 0 Å². The van der Waals surface area contributed by atoms with Gasteiger partial charge in [-0.3, -0.25) is 0 Å². The average molecular weight is 675 g/mol. The summed E-state index contributed by atoms with van der Waals surface area (Å²) in [6.45, 7) is 0. The first kappa shape index (κ1) is 27.8. The third-order valence-corrected chi connectivity index (χ3v) is 12.1. The van der Waals surface area contributed by atoms with Gasteiger partial charge in [0.05, 0.1) is 27.8 Å². The molecular weight excluding hydrogens is 645 g/mol. The van der Waals surface area contributed by atoms with E-state index in [9.17, 15) is 0 Å². The van der Waals surface area contributed by atoms with E-state index in [-0.39, 0.29) is 0 Å². The van der Waals surface area contributed by atoms with Crippen LogP contribution in [0.25, 0.3) is 116 Å². The summed E-state index contributed by atoms with van der Waals surface area (Å²) < 4.78 is 11.7. The van der Waals surface area contributed by atoms with Gasteiger partial charge in [0, 0.05) is 48.6 Å². The zero-order valence-corrected chi connectivity index (χ0v) is 28.7. The molecule has 3 aromatic heterocycles. The van der Waals surface area contributed by atoms with Gasteiger partial charge in [-0.2, -0.15) is 0 Å². The number of furan rings is 1. The highest BCUT2D eigenvalue weighted by molar-refractivity contribution is 6.32. The fourth-order valence-corrected chi connectivity index (χ4v) is 10.0. The molecule has 0 aliphatic heterocycles. The Morgan fingerprint density at radius 1 is 0.415 bits per heavy atom. The van der Waals surface area contributed by atoms with Gasteiger partial charge in [-0.05, 0) is 76.0 Å². The first-order valence-electron chi connectivity index (χ1n) is 18.6. The van der Waals surface area contributed by atoms with Crippen molar-refractivity contribution < 1.29 is 4.42 Å². The van der Waals surface area contributed by atoms with Crippen LogP contribution in [0, 0.1) is 0 Å². The van der Waals surface area contributed by atoms with Crippen molar-refractivity contribution in [3.63, 3.8) is 0 Å². The Kier molecular flexibility index (Phi) is 5.22. The van der Waals surface area contributed by atoms with Crippen molar-refractivity contribution in [3.8, 4) is 27.9 Å². The van der Waals surface area contributed by atoms with Crippen LogP contribution in [0.2, 0.25) is 0 Å². The van der Waals surface area contributed by atoms with Gasteiger partial charge in [0.1, 0.15) is 11.2 Å². The molecule has 3 nitrogen and oxygen atoms in total. The van der Waals surface area contributed by atoms with E-state index in [1.807, 2.05) is 0 Å². The Morgan fingerprint density at radius 3 is 2.06 bits per heavy atom. The number of hydrogen-bond acceptors (Lipinski definition) is 1. The second-order valence-electron chi connectivity index (χ2n) is 14.7. The quantitative estimate of drug-likeness (QED) is 0.179. The number of para-hydroxylation sites is 2. The van der Waals surface area contributed by atoms with E-state index < -0.39 is 0 Å². The number of fused-ring (bicyclic) bond motifs is 15. The van der Waals surface area contributed by atoms with E-state index >= 15 is 0 Å². The topological polar surface area (TPSA) is 23.0 Å². The van der Waals surface area contributed by atoms with Crippen LogP contribution in [0.3, 0.4) is 0 Å². The normalized spacial score (nSPS) is 13.6. The molecule has 11 aromatic rings. The predicted octanol–water partition coefficient (Wildman–Crippen LogP) is 11.8. The van der Waals surface area contributed by atoms with E-state index in [1.165, 1.54) is 104 Å². The SMILES string of the molecule is C1=c2ccccc2=C(n2c3ccc4oc5ccccc5c4c3c3ccc4c5ccccc5n(-c5ccc6c7c(cccc57)-c5ccccc5-6)c4c32)CC1. The Labute approximate surface area is 303 Å². The molecule has 0 radical (unpaired) electrons. The van der Waals surface area contributed by atoms with E-state index in [1.54, 1.807) is 0 Å². The van der Waals surface area contributed by atoms with Crippen molar-refractivity contribution in [1.82, 2.24) is 9.13 Å². The number of benzene rings is 8. The molecule has 3 heterocycles. The summed E-state index contributed by atoms with van der Waals surface area (Å²) in [5.74, 6) is 0. The van der Waals surface area contributed by atoms with Crippen LogP contribution in [0.1, 0.15) is 12.8 Å². The maximum absolute atomic E-state index is 6.53. The summed E-state index contributed by atoms with van der Waals surface area (Å²) in [6.07, 6.45) is 4.35. The molecule has 2 aliphatic rings. The van der Waals surface area contributed by atoms with Crippen LogP contribution in [0.5, 0.6) is 0 Å². The van der Waals surface area contributed by atoms with Gasteiger partial charge >= 0.3 is 0 Å². The van der Waals surface area contributed by atoms with Gasteiger partial charge in [0.15, 0.2) is 0 Å². The molecule has 0 fully saturated rings. The van der Waals surface area contributed by atoms with Gasteiger partial charge in [0.25, 0.3) is 0 Å². The standard InChI is InChI=1S/C50H30N2O/c1-2-13-30-29(11-1)12-9-21-40(30)52-43-27-28-45-48(38-17-6-8-22-44(38)53-45)47(43)39-24-23-36-33-16-5-7-20-41(33)51(49(36)50(39)52)42-26-25-35-32-15-4-3-14-31(32)34-18-10-19-37(42)46(34)35/h1-8,10-20,22-28H,9,21H2. The Balaban J connectivity index is 1.29. The second kappa shape index (κ2) is 9.93. The third kappa shape index (κ3) is 3.45. The smallest absolute Gasteiger partial charge is 0.136 e. The van der Waals surface area contributed by atoms with Crippen molar-refractivity contribution in [1.29, 1.82) is 0 Å². The molecule has 0 unspecified atom stereocenters. The van der Waals surface area contributed by atoms with Gasteiger partial charge in [-0.1, -0.05) is 127 Å². The van der Waals surface area contributed by atoms with Crippen molar-refractivity contribution >= 4 is 88.1 Å². The minimum Gasteiger partial charge on any atom is -0.456 e. The Hall–Kier alpha value is -6.84. The van der Waals surface area contributed by atoms with E-state index in [2.05, 4.69) is 167 Å². The highest BCUT2D eigenvalue weighted by atomic mass is 16.3. The highest BCUT2D eigenvalue weighted by Crippen LogP contribution is 2.50. The third-order valence-electron chi connectivity index (χ3n) is 12.1. The predicted molar refractivity (Wildman–Crippen MR) is 221 cm³/mol. The minimum absolute atomic E-state index is 0.922. The lowest BCUT2D eigenvalue weighted by molar-refractivity contribution is 0.669. The molecule has 0 atom stereocenters.